The van der Waals surface area contributed by atoms with Crippen LogP contribution < -0.4 is 5.32 Å². The van der Waals surface area contributed by atoms with Crippen molar-refractivity contribution in [3.63, 3.8) is 0 Å². The minimum atomic E-state index is -0.0218. The Kier molecular flexibility index (Phi) is 5.86. The third-order valence-corrected chi connectivity index (χ3v) is 5.44. The highest BCUT2D eigenvalue weighted by atomic mass is 16.2. The summed E-state index contributed by atoms with van der Waals surface area (Å²) in [7, 11) is 1.90. The number of aromatic nitrogens is 2. The van der Waals surface area contributed by atoms with Crippen LogP contribution in [0.1, 0.15) is 55.3 Å². The minimum Gasteiger partial charge on any atom is -0.338 e. The second-order valence-corrected chi connectivity index (χ2v) is 7.55. The van der Waals surface area contributed by atoms with Crippen LogP contribution in [0.4, 0.5) is 0 Å². The lowest BCUT2D eigenvalue weighted by Gasteiger charge is -2.47. The summed E-state index contributed by atoms with van der Waals surface area (Å²) in [6.07, 6.45) is 3.96. The zero-order valence-electron chi connectivity index (χ0n) is 15.9. The fraction of sp³-hybridized carbons (Fsp3) is 0.684. The van der Waals surface area contributed by atoms with E-state index in [1.807, 2.05) is 30.7 Å². The van der Waals surface area contributed by atoms with Crippen molar-refractivity contribution < 1.29 is 9.59 Å². The molecule has 2 atom stereocenters. The summed E-state index contributed by atoms with van der Waals surface area (Å²) in [6.45, 7) is 6.96. The molecule has 0 unspecified atom stereocenters. The Labute approximate surface area is 155 Å². The molecule has 2 aliphatic rings. The summed E-state index contributed by atoms with van der Waals surface area (Å²) < 4.78 is 0. The lowest BCUT2D eigenvalue weighted by molar-refractivity contribution is -0.140. The predicted molar refractivity (Wildman–Crippen MR) is 98.8 cm³/mol. The lowest BCUT2D eigenvalue weighted by atomic mass is 9.83. The van der Waals surface area contributed by atoms with Crippen molar-refractivity contribution >= 4 is 11.8 Å². The Morgan fingerprint density at radius 1 is 1.38 bits per heavy atom. The summed E-state index contributed by atoms with van der Waals surface area (Å²) in [4.78, 5) is 37.8. The Balaban J connectivity index is 1.69. The van der Waals surface area contributed by atoms with Crippen LogP contribution in [-0.4, -0.2) is 70.9 Å². The molecule has 1 aromatic rings. The number of likely N-dealkylation sites (tertiary alicyclic amines) is 2. The van der Waals surface area contributed by atoms with E-state index < -0.39 is 0 Å². The van der Waals surface area contributed by atoms with E-state index in [-0.39, 0.29) is 23.8 Å². The zero-order chi connectivity index (χ0) is 18.7. The number of carbonyl (C=O) groups is 2. The average molecular weight is 359 g/mol. The van der Waals surface area contributed by atoms with E-state index in [0.29, 0.717) is 36.9 Å². The monoisotopic (exact) mass is 359 g/mol. The molecule has 0 aromatic carbocycles. The van der Waals surface area contributed by atoms with Gasteiger partial charge in [-0.3, -0.25) is 9.59 Å². The highest BCUT2D eigenvalue weighted by molar-refractivity contribution is 5.92. The average Bonchev–Trinajstić information content (AvgIpc) is 2.66. The molecule has 1 N–H and O–H groups in total. The van der Waals surface area contributed by atoms with Gasteiger partial charge in [0.1, 0.15) is 11.5 Å². The fourth-order valence-corrected chi connectivity index (χ4v) is 3.99. The normalized spacial score (nSPS) is 23.3. The van der Waals surface area contributed by atoms with E-state index in [9.17, 15) is 9.59 Å². The van der Waals surface area contributed by atoms with Gasteiger partial charge in [0.25, 0.3) is 5.91 Å². The van der Waals surface area contributed by atoms with Gasteiger partial charge in [-0.1, -0.05) is 13.8 Å². The SMILES string of the molecule is CNCCN1C(=O)CC[C@H]2CN(C(=O)c3ccnc(C(C)C)n3)CC[C@H]21. The van der Waals surface area contributed by atoms with Crippen molar-refractivity contribution in [2.75, 3.05) is 33.2 Å². The molecule has 3 heterocycles. The molecule has 0 bridgehead atoms. The van der Waals surface area contributed by atoms with Crippen LogP contribution in [0.15, 0.2) is 12.3 Å². The topological polar surface area (TPSA) is 78.4 Å². The summed E-state index contributed by atoms with van der Waals surface area (Å²) in [5, 5.41) is 3.12. The Bertz CT molecular complexity index is 663. The quantitative estimate of drug-likeness (QED) is 0.857. The van der Waals surface area contributed by atoms with Crippen molar-refractivity contribution in [3.05, 3.63) is 23.8 Å². The number of piperidine rings is 2. The van der Waals surface area contributed by atoms with Gasteiger partial charge in [-0.15, -0.1) is 0 Å². The number of hydrogen-bond donors (Lipinski definition) is 1. The molecule has 0 spiro atoms. The maximum atomic E-state index is 12.9. The van der Waals surface area contributed by atoms with Crippen molar-refractivity contribution in [1.82, 2.24) is 25.1 Å². The molecule has 142 valence electrons. The third kappa shape index (κ3) is 3.87. The Morgan fingerprint density at radius 3 is 2.92 bits per heavy atom. The van der Waals surface area contributed by atoms with E-state index in [2.05, 4.69) is 15.3 Å². The molecule has 0 aliphatic carbocycles. The van der Waals surface area contributed by atoms with E-state index in [1.54, 1.807) is 12.3 Å². The van der Waals surface area contributed by atoms with E-state index in [4.69, 9.17) is 0 Å². The maximum Gasteiger partial charge on any atom is 0.272 e. The van der Waals surface area contributed by atoms with Crippen LogP contribution >= 0.6 is 0 Å². The summed E-state index contributed by atoms with van der Waals surface area (Å²) in [6, 6.07) is 1.95. The number of amides is 2. The molecule has 0 saturated carbocycles. The minimum absolute atomic E-state index is 0.0218. The first kappa shape index (κ1) is 18.8. The van der Waals surface area contributed by atoms with Crippen LogP contribution in [-0.2, 0) is 4.79 Å². The Morgan fingerprint density at radius 2 is 2.19 bits per heavy atom. The zero-order valence-corrected chi connectivity index (χ0v) is 15.9. The molecule has 2 amide bonds. The van der Waals surface area contributed by atoms with Gasteiger partial charge in [-0.05, 0) is 31.9 Å². The van der Waals surface area contributed by atoms with Gasteiger partial charge in [-0.25, -0.2) is 9.97 Å². The summed E-state index contributed by atoms with van der Waals surface area (Å²) in [5.41, 5.74) is 0.473. The number of hydrogen-bond acceptors (Lipinski definition) is 5. The van der Waals surface area contributed by atoms with Crippen LogP contribution in [0.25, 0.3) is 0 Å². The van der Waals surface area contributed by atoms with Gasteiger partial charge in [0.15, 0.2) is 0 Å². The largest absolute Gasteiger partial charge is 0.338 e. The number of nitrogens with one attached hydrogen (secondary N) is 1. The molecule has 2 aliphatic heterocycles. The number of carbonyl (C=O) groups excluding carboxylic acids is 2. The van der Waals surface area contributed by atoms with Crippen molar-refractivity contribution in [2.24, 2.45) is 5.92 Å². The van der Waals surface area contributed by atoms with Crippen LogP contribution in [0.5, 0.6) is 0 Å². The predicted octanol–water partition coefficient (Wildman–Crippen LogP) is 1.27. The Hall–Kier alpha value is -2.02. The van der Waals surface area contributed by atoms with Crippen LogP contribution in [0.2, 0.25) is 0 Å². The van der Waals surface area contributed by atoms with Crippen LogP contribution in [0.3, 0.4) is 0 Å². The molecule has 7 nitrogen and oxygen atoms in total. The van der Waals surface area contributed by atoms with E-state index in [1.165, 1.54) is 0 Å². The van der Waals surface area contributed by atoms with Gasteiger partial charge < -0.3 is 15.1 Å². The number of rotatable bonds is 5. The van der Waals surface area contributed by atoms with Crippen LogP contribution in [0, 0.1) is 5.92 Å². The van der Waals surface area contributed by atoms with Gasteiger partial charge in [0.05, 0.1) is 0 Å². The highest BCUT2D eigenvalue weighted by Crippen LogP contribution is 2.31. The smallest absolute Gasteiger partial charge is 0.272 e. The molecule has 2 fully saturated rings. The summed E-state index contributed by atoms with van der Waals surface area (Å²) in [5.74, 6) is 1.48. The van der Waals surface area contributed by atoms with Gasteiger partial charge in [0.2, 0.25) is 5.91 Å². The molecule has 3 rings (SSSR count). The first-order chi connectivity index (χ1) is 12.5. The number of fused-ring (bicyclic) bond motifs is 1. The summed E-state index contributed by atoms with van der Waals surface area (Å²) >= 11 is 0. The second kappa shape index (κ2) is 8.12. The van der Waals surface area contributed by atoms with Gasteiger partial charge >= 0.3 is 0 Å². The first-order valence-electron chi connectivity index (χ1n) is 9.57. The van der Waals surface area contributed by atoms with Crippen molar-refractivity contribution in [1.29, 1.82) is 0 Å². The maximum absolute atomic E-state index is 12.9. The molecule has 1 aromatic heterocycles. The number of likely N-dealkylation sites (N-methyl/N-ethyl adjacent to an activating group) is 1. The molecule has 0 radical (unpaired) electrons. The van der Waals surface area contributed by atoms with Gasteiger partial charge in [-0.2, -0.15) is 0 Å². The second-order valence-electron chi connectivity index (χ2n) is 7.55. The third-order valence-electron chi connectivity index (χ3n) is 5.44. The highest BCUT2D eigenvalue weighted by Gasteiger charge is 2.40. The molecule has 26 heavy (non-hydrogen) atoms. The first-order valence-corrected chi connectivity index (χ1v) is 9.57. The fourth-order valence-electron chi connectivity index (χ4n) is 3.99. The standard InChI is InChI=1S/C19H29N5O2/c1-13(2)18-21-8-6-15(22-18)19(26)23-10-7-16-14(12-23)4-5-17(25)24(16)11-9-20-3/h6,8,13-14,16,20H,4-5,7,9-12H2,1-3H3/t14-,16+/m0/s1. The van der Waals surface area contributed by atoms with Crippen molar-refractivity contribution in [2.45, 2.75) is 45.1 Å². The number of nitrogens with zero attached hydrogens (tertiary/aromatic N) is 4. The molecule has 2 saturated heterocycles. The van der Waals surface area contributed by atoms with Crippen molar-refractivity contribution in [3.8, 4) is 0 Å². The lowest BCUT2D eigenvalue weighted by Crippen LogP contribution is -2.57. The van der Waals surface area contributed by atoms with E-state index >= 15 is 0 Å². The van der Waals surface area contributed by atoms with E-state index in [0.717, 1.165) is 25.9 Å². The van der Waals surface area contributed by atoms with Gasteiger partial charge in [0, 0.05) is 50.8 Å². The molecular formula is C19H29N5O2. The molecule has 7 heteroatoms. The molecular weight excluding hydrogens is 330 g/mol.